The highest BCUT2D eigenvalue weighted by molar-refractivity contribution is 6.46. The van der Waals surface area contributed by atoms with Crippen LogP contribution in [0, 0.1) is 0 Å². The molecule has 1 saturated heterocycles. The zero-order valence-corrected chi connectivity index (χ0v) is 19.1. The number of aromatic nitrogens is 1. The Morgan fingerprint density at radius 3 is 2.69 bits per heavy atom. The van der Waals surface area contributed by atoms with Gasteiger partial charge in [-0.05, 0) is 54.4 Å². The van der Waals surface area contributed by atoms with Crippen LogP contribution in [0.25, 0.3) is 5.76 Å². The number of benzene rings is 2. The average Bonchev–Trinajstić information content (AvgIpc) is 3.14. The van der Waals surface area contributed by atoms with Crippen molar-refractivity contribution < 1.29 is 28.9 Å². The van der Waals surface area contributed by atoms with Gasteiger partial charge in [0.05, 0.1) is 18.2 Å². The number of pyridine rings is 1. The maximum atomic E-state index is 13.3. The summed E-state index contributed by atoms with van der Waals surface area (Å²) in [5.41, 5.74) is 1.78. The first-order chi connectivity index (χ1) is 17.1. The van der Waals surface area contributed by atoms with Crippen molar-refractivity contribution in [3.05, 3.63) is 89.3 Å². The van der Waals surface area contributed by atoms with Crippen molar-refractivity contribution in [2.24, 2.45) is 0 Å². The van der Waals surface area contributed by atoms with E-state index in [9.17, 15) is 14.7 Å². The third-order valence-electron chi connectivity index (χ3n) is 5.92. The second-order valence-corrected chi connectivity index (χ2v) is 8.15. The van der Waals surface area contributed by atoms with Crippen LogP contribution in [0.1, 0.15) is 29.7 Å². The average molecular weight is 472 g/mol. The first-order valence-corrected chi connectivity index (χ1v) is 11.4. The number of rotatable bonds is 6. The van der Waals surface area contributed by atoms with Gasteiger partial charge in [-0.15, -0.1) is 0 Å². The molecule has 1 atom stereocenters. The minimum absolute atomic E-state index is 0.00390. The van der Waals surface area contributed by atoms with Crippen LogP contribution >= 0.6 is 0 Å². The van der Waals surface area contributed by atoms with Crippen molar-refractivity contribution >= 4 is 17.4 Å². The first-order valence-electron chi connectivity index (χ1n) is 11.4. The summed E-state index contributed by atoms with van der Waals surface area (Å²) in [6, 6.07) is 14.9. The van der Waals surface area contributed by atoms with Gasteiger partial charge in [0.15, 0.2) is 11.5 Å². The van der Waals surface area contributed by atoms with Gasteiger partial charge in [-0.25, -0.2) is 0 Å². The Hall–Kier alpha value is -4.33. The highest BCUT2D eigenvalue weighted by Gasteiger charge is 2.46. The number of aliphatic hydroxyl groups excluding tert-OH is 1. The summed E-state index contributed by atoms with van der Waals surface area (Å²) in [5.74, 6) is -0.0875. The van der Waals surface area contributed by atoms with E-state index in [0.717, 1.165) is 5.56 Å². The minimum Gasteiger partial charge on any atom is -0.507 e. The van der Waals surface area contributed by atoms with Gasteiger partial charge in [-0.3, -0.25) is 14.6 Å². The monoisotopic (exact) mass is 472 g/mol. The molecular weight excluding hydrogens is 448 g/mol. The molecule has 0 radical (unpaired) electrons. The number of fused-ring (bicyclic) bond motifs is 1. The van der Waals surface area contributed by atoms with Crippen molar-refractivity contribution in [3.8, 4) is 17.2 Å². The number of Topliss-reactive ketones (excluding diaryl/α,β-unsaturated/α-hetero) is 1. The van der Waals surface area contributed by atoms with Gasteiger partial charge in [0, 0.05) is 24.5 Å². The van der Waals surface area contributed by atoms with Crippen molar-refractivity contribution in [1.29, 1.82) is 0 Å². The van der Waals surface area contributed by atoms with Gasteiger partial charge in [-0.1, -0.05) is 18.2 Å². The Bertz CT molecular complexity index is 1300. The summed E-state index contributed by atoms with van der Waals surface area (Å²) in [7, 11) is 0. The van der Waals surface area contributed by atoms with Gasteiger partial charge in [0.25, 0.3) is 11.7 Å². The molecule has 8 nitrogen and oxygen atoms in total. The maximum Gasteiger partial charge on any atom is 0.295 e. The molecule has 1 amide bonds. The summed E-state index contributed by atoms with van der Waals surface area (Å²) >= 11 is 0. The van der Waals surface area contributed by atoms with Gasteiger partial charge < -0.3 is 24.2 Å². The van der Waals surface area contributed by atoms with E-state index in [1.165, 1.54) is 4.90 Å². The number of hydrogen-bond donors (Lipinski definition) is 1. The number of ketones is 1. The molecule has 0 aliphatic carbocycles. The summed E-state index contributed by atoms with van der Waals surface area (Å²) in [4.78, 5) is 32.1. The molecule has 1 fully saturated rings. The Morgan fingerprint density at radius 1 is 1.09 bits per heavy atom. The zero-order valence-electron chi connectivity index (χ0n) is 19.1. The Balaban J connectivity index is 1.63. The number of hydrogen-bond acceptors (Lipinski definition) is 7. The molecule has 0 bridgehead atoms. The van der Waals surface area contributed by atoms with Crippen molar-refractivity contribution in [2.75, 3.05) is 19.8 Å². The second kappa shape index (κ2) is 9.50. The van der Waals surface area contributed by atoms with Crippen LogP contribution in [0.2, 0.25) is 0 Å². The third kappa shape index (κ3) is 4.30. The van der Waals surface area contributed by atoms with E-state index in [1.807, 2.05) is 19.1 Å². The predicted molar refractivity (Wildman–Crippen MR) is 127 cm³/mol. The molecule has 1 aromatic heterocycles. The van der Waals surface area contributed by atoms with Crippen LogP contribution in [0.5, 0.6) is 17.2 Å². The molecule has 3 heterocycles. The number of likely N-dealkylation sites (tertiary alicyclic amines) is 1. The van der Waals surface area contributed by atoms with Crippen LogP contribution in [0.3, 0.4) is 0 Å². The molecule has 2 aliphatic rings. The lowest BCUT2D eigenvalue weighted by atomic mass is 9.95. The maximum absolute atomic E-state index is 13.3. The van der Waals surface area contributed by atoms with Gasteiger partial charge in [0.1, 0.15) is 24.7 Å². The van der Waals surface area contributed by atoms with Crippen LogP contribution in [-0.4, -0.2) is 46.5 Å². The Labute approximate surface area is 202 Å². The first kappa shape index (κ1) is 22.5. The minimum atomic E-state index is -0.816. The van der Waals surface area contributed by atoms with E-state index < -0.39 is 17.7 Å². The fourth-order valence-corrected chi connectivity index (χ4v) is 4.37. The number of nitrogens with zero attached hydrogens (tertiary/aromatic N) is 2. The lowest BCUT2D eigenvalue weighted by Crippen LogP contribution is -2.29. The molecule has 0 spiro atoms. The Morgan fingerprint density at radius 2 is 1.91 bits per heavy atom. The summed E-state index contributed by atoms with van der Waals surface area (Å²) in [6.07, 6.45) is 3.29. The van der Waals surface area contributed by atoms with E-state index >= 15 is 0 Å². The molecule has 178 valence electrons. The van der Waals surface area contributed by atoms with E-state index in [1.54, 1.807) is 54.9 Å². The molecule has 3 aromatic rings. The smallest absolute Gasteiger partial charge is 0.295 e. The normalized spacial score (nSPS) is 18.5. The molecule has 35 heavy (non-hydrogen) atoms. The largest absolute Gasteiger partial charge is 0.507 e. The van der Waals surface area contributed by atoms with Gasteiger partial charge >= 0.3 is 0 Å². The summed E-state index contributed by atoms with van der Waals surface area (Å²) < 4.78 is 16.8. The highest BCUT2D eigenvalue weighted by Crippen LogP contribution is 2.42. The fraction of sp³-hybridized carbons (Fsp3) is 0.222. The van der Waals surface area contributed by atoms with E-state index in [0.29, 0.717) is 48.2 Å². The van der Waals surface area contributed by atoms with Crippen LogP contribution in [0.4, 0.5) is 0 Å². The molecular formula is C27H24N2O6. The summed E-state index contributed by atoms with van der Waals surface area (Å²) in [5, 5.41) is 11.3. The van der Waals surface area contributed by atoms with Crippen LogP contribution < -0.4 is 14.2 Å². The zero-order chi connectivity index (χ0) is 24.4. The molecule has 0 saturated carbocycles. The lowest BCUT2D eigenvalue weighted by Gasteiger charge is -2.26. The van der Waals surface area contributed by atoms with E-state index in [4.69, 9.17) is 14.2 Å². The second-order valence-electron chi connectivity index (χ2n) is 8.15. The number of carbonyl (C=O) groups excluding carboxylic acids is 2. The van der Waals surface area contributed by atoms with E-state index in [2.05, 4.69) is 4.98 Å². The standard InChI is InChI=1S/C27H24N2O6/c1-2-33-20-7-3-6-18(13-20)24-23(25(30)19-8-9-21-22(14-19)35-12-11-34-21)26(31)27(32)29(24)16-17-5-4-10-28-15-17/h3-10,13-15,24,30H,2,11-12,16H2,1H3/b25-23-. The van der Waals surface area contributed by atoms with Crippen LogP contribution in [-0.2, 0) is 16.1 Å². The molecule has 2 aliphatic heterocycles. The highest BCUT2D eigenvalue weighted by atomic mass is 16.6. The summed E-state index contributed by atoms with van der Waals surface area (Å²) in [6.45, 7) is 3.32. The van der Waals surface area contributed by atoms with E-state index in [-0.39, 0.29) is 17.9 Å². The topological polar surface area (TPSA) is 98.2 Å². The fourth-order valence-electron chi connectivity index (χ4n) is 4.37. The van der Waals surface area contributed by atoms with Crippen molar-refractivity contribution in [3.63, 3.8) is 0 Å². The molecule has 2 aromatic carbocycles. The SMILES string of the molecule is CCOc1cccc(C2/C(=C(/O)c3ccc4c(c3)OCCO4)C(=O)C(=O)N2Cc2cccnc2)c1. The van der Waals surface area contributed by atoms with Gasteiger partial charge in [-0.2, -0.15) is 0 Å². The molecule has 1 unspecified atom stereocenters. The molecule has 1 N–H and O–H groups in total. The van der Waals surface area contributed by atoms with Gasteiger partial charge in [0.2, 0.25) is 0 Å². The number of ether oxygens (including phenoxy) is 3. The molecule has 5 rings (SSSR count). The molecule has 8 heteroatoms. The quantitative estimate of drug-likeness (QED) is 0.330. The lowest BCUT2D eigenvalue weighted by molar-refractivity contribution is -0.140. The Kier molecular flexibility index (Phi) is 6.10. The predicted octanol–water partition coefficient (Wildman–Crippen LogP) is 3.87. The van der Waals surface area contributed by atoms with Crippen LogP contribution in [0.15, 0.2) is 72.6 Å². The number of carbonyl (C=O) groups is 2. The third-order valence-corrected chi connectivity index (χ3v) is 5.92. The number of aliphatic hydroxyl groups is 1. The van der Waals surface area contributed by atoms with Crippen molar-refractivity contribution in [1.82, 2.24) is 9.88 Å². The van der Waals surface area contributed by atoms with Crippen molar-refractivity contribution in [2.45, 2.75) is 19.5 Å². The number of amides is 1.